The topological polar surface area (TPSA) is 49.9 Å². The summed E-state index contributed by atoms with van der Waals surface area (Å²) in [6.07, 6.45) is 0.687. The van der Waals surface area contributed by atoms with Crippen molar-refractivity contribution >= 4 is 35.0 Å². The summed E-state index contributed by atoms with van der Waals surface area (Å²) in [5, 5.41) is 0.629. The van der Waals surface area contributed by atoms with E-state index in [-0.39, 0.29) is 22.8 Å². The number of para-hydroxylation sites is 1. The van der Waals surface area contributed by atoms with Crippen molar-refractivity contribution in [1.82, 2.24) is 9.80 Å². The zero-order chi connectivity index (χ0) is 19.7. The molecule has 2 aromatic carbocycles. The fraction of sp³-hybridized carbons (Fsp3) is 0.333. The number of carbonyl (C=O) groups excluding carboxylic acids is 2. The Morgan fingerprint density at radius 1 is 0.929 bits per heavy atom. The second-order valence-electron chi connectivity index (χ2n) is 7.04. The molecule has 7 heteroatoms. The van der Waals surface area contributed by atoms with Gasteiger partial charge in [-0.15, -0.1) is 0 Å². The molecule has 0 saturated carbocycles. The number of nitrogens with zero attached hydrogens (tertiary/aromatic N) is 2. The summed E-state index contributed by atoms with van der Waals surface area (Å²) in [7, 11) is 0. The summed E-state index contributed by atoms with van der Waals surface area (Å²) >= 11 is 12.2. The maximum absolute atomic E-state index is 12.9. The number of carbonyl (C=O) groups is 2. The van der Waals surface area contributed by atoms with Crippen molar-refractivity contribution in [1.29, 1.82) is 0 Å². The molecule has 1 fully saturated rings. The number of hydrogen-bond donors (Lipinski definition) is 0. The van der Waals surface area contributed by atoms with Crippen molar-refractivity contribution in [3.8, 4) is 5.75 Å². The molecule has 28 heavy (non-hydrogen) atoms. The van der Waals surface area contributed by atoms with Crippen LogP contribution in [0, 0.1) is 5.92 Å². The first-order valence-electron chi connectivity index (χ1n) is 9.27. The molecule has 0 radical (unpaired) electrons. The molecule has 146 valence electrons. The van der Waals surface area contributed by atoms with Crippen LogP contribution in [-0.2, 0) is 11.2 Å². The lowest BCUT2D eigenvalue weighted by Gasteiger charge is -2.37. The molecule has 0 aliphatic carbocycles. The van der Waals surface area contributed by atoms with E-state index in [0.29, 0.717) is 49.8 Å². The summed E-state index contributed by atoms with van der Waals surface area (Å²) in [6.45, 7) is 2.34. The lowest BCUT2D eigenvalue weighted by molar-refractivity contribution is -0.138. The van der Waals surface area contributed by atoms with E-state index in [9.17, 15) is 9.59 Å². The van der Waals surface area contributed by atoms with Gasteiger partial charge < -0.3 is 14.5 Å². The highest BCUT2D eigenvalue weighted by Gasteiger charge is 2.32. The average Bonchev–Trinajstić information content (AvgIpc) is 2.74. The minimum absolute atomic E-state index is 0.0855. The number of halogens is 2. The predicted octanol–water partition coefficient (Wildman–Crippen LogP) is 3.53. The molecule has 0 N–H and O–H groups in total. The fourth-order valence-corrected chi connectivity index (χ4v) is 4.10. The third-order valence-electron chi connectivity index (χ3n) is 5.29. The van der Waals surface area contributed by atoms with Crippen molar-refractivity contribution in [2.45, 2.75) is 6.42 Å². The van der Waals surface area contributed by atoms with Gasteiger partial charge in [-0.3, -0.25) is 9.59 Å². The van der Waals surface area contributed by atoms with Crippen molar-refractivity contribution in [2.24, 2.45) is 5.92 Å². The summed E-state index contributed by atoms with van der Waals surface area (Å²) in [5.74, 6) is 0.608. The Morgan fingerprint density at radius 2 is 1.64 bits per heavy atom. The molecule has 4 rings (SSSR count). The lowest BCUT2D eigenvalue weighted by atomic mass is 9.95. The Balaban J connectivity index is 1.37. The largest absolute Gasteiger partial charge is 0.492 e. The first kappa shape index (κ1) is 19.1. The van der Waals surface area contributed by atoms with Gasteiger partial charge in [0.2, 0.25) is 5.91 Å². The van der Waals surface area contributed by atoms with E-state index >= 15 is 0 Å². The van der Waals surface area contributed by atoms with Crippen LogP contribution in [0.15, 0.2) is 42.5 Å². The first-order valence-corrected chi connectivity index (χ1v) is 10.0. The summed E-state index contributed by atoms with van der Waals surface area (Å²) in [5.41, 5.74) is 1.46. The summed E-state index contributed by atoms with van der Waals surface area (Å²) < 4.78 is 5.75. The van der Waals surface area contributed by atoms with Crippen LogP contribution in [0.2, 0.25) is 10.0 Å². The predicted molar refractivity (Wildman–Crippen MR) is 108 cm³/mol. The highest BCUT2D eigenvalue weighted by molar-refractivity contribution is 6.43. The van der Waals surface area contributed by atoms with Crippen LogP contribution in [0.4, 0.5) is 0 Å². The molecule has 5 nitrogen and oxygen atoms in total. The molecule has 0 bridgehead atoms. The molecular weight excluding hydrogens is 399 g/mol. The fourth-order valence-electron chi connectivity index (χ4n) is 3.71. The molecule has 1 unspecified atom stereocenters. The smallest absolute Gasteiger partial charge is 0.255 e. The Labute approximate surface area is 173 Å². The average molecular weight is 419 g/mol. The van der Waals surface area contributed by atoms with Crippen molar-refractivity contribution in [3.05, 3.63) is 63.6 Å². The van der Waals surface area contributed by atoms with Gasteiger partial charge in [-0.2, -0.15) is 0 Å². The van der Waals surface area contributed by atoms with Gasteiger partial charge in [0, 0.05) is 26.2 Å². The maximum atomic E-state index is 12.9. The molecule has 2 aromatic rings. The third kappa shape index (κ3) is 3.69. The maximum Gasteiger partial charge on any atom is 0.255 e. The van der Waals surface area contributed by atoms with E-state index in [1.165, 1.54) is 0 Å². The Morgan fingerprint density at radius 3 is 2.43 bits per heavy atom. The molecule has 2 aliphatic heterocycles. The highest BCUT2D eigenvalue weighted by Crippen LogP contribution is 2.29. The van der Waals surface area contributed by atoms with Crippen LogP contribution in [0.3, 0.4) is 0 Å². The van der Waals surface area contributed by atoms with Crippen LogP contribution in [0.25, 0.3) is 0 Å². The quantitative estimate of drug-likeness (QED) is 0.749. The van der Waals surface area contributed by atoms with Gasteiger partial charge >= 0.3 is 0 Å². The van der Waals surface area contributed by atoms with Gasteiger partial charge in [0.1, 0.15) is 12.4 Å². The van der Waals surface area contributed by atoms with Gasteiger partial charge in [0.25, 0.3) is 5.91 Å². The standard InChI is InChI=1S/C21H20Cl2N2O3/c22-17-6-3-5-16(19(17)23)21(27)25-10-8-24(9-11-25)20(26)15-12-14-4-1-2-7-18(14)28-13-15/h1-7,15H,8-13H2. The lowest BCUT2D eigenvalue weighted by Crippen LogP contribution is -2.53. The van der Waals surface area contributed by atoms with Crippen LogP contribution in [0.5, 0.6) is 5.75 Å². The second kappa shape index (κ2) is 8.02. The number of piperazine rings is 1. The number of benzene rings is 2. The number of fused-ring (bicyclic) bond motifs is 1. The Hall–Kier alpha value is -2.24. The first-order chi connectivity index (χ1) is 13.5. The van der Waals surface area contributed by atoms with Gasteiger partial charge in [0.05, 0.1) is 21.5 Å². The van der Waals surface area contributed by atoms with E-state index in [1.807, 2.05) is 29.2 Å². The molecule has 0 spiro atoms. The molecule has 1 saturated heterocycles. The number of ether oxygens (including phenoxy) is 1. The van der Waals surface area contributed by atoms with Crippen molar-refractivity contribution < 1.29 is 14.3 Å². The molecule has 2 heterocycles. The van der Waals surface area contributed by atoms with Gasteiger partial charge in [-0.1, -0.05) is 47.5 Å². The molecular formula is C21H20Cl2N2O3. The van der Waals surface area contributed by atoms with E-state index in [2.05, 4.69) is 0 Å². The van der Waals surface area contributed by atoms with Gasteiger partial charge in [-0.05, 0) is 30.2 Å². The van der Waals surface area contributed by atoms with Crippen molar-refractivity contribution in [3.63, 3.8) is 0 Å². The summed E-state index contributed by atoms with van der Waals surface area (Å²) in [6, 6.07) is 12.9. The van der Waals surface area contributed by atoms with Crippen LogP contribution in [0.1, 0.15) is 15.9 Å². The summed E-state index contributed by atoms with van der Waals surface area (Å²) in [4.78, 5) is 29.2. The normalized spacial score (nSPS) is 19.0. The zero-order valence-corrected chi connectivity index (χ0v) is 16.7. The third-order valence-corrected chi connectivity index (χ3v) is 6.11. The second-order valence-corrected chi connectivity index (χ2v) is 7.82. The Kier molecular flexibility index (Phi) is 5.47. The van der Waals surface area contributed by atoms with Crippen LogP contribution in [-0.4, -0.2) is 54.4 Å². The minimum atomic E-state index is -0.181. The van der Waals surface area contributed by atoms with Crippen molar-refractivity contribution in [2.75, 3.05) is 32.8 Å². The number of amides is 2. The van der Waals surface area contributed by atoms with Gasteiger partial charge in [0.15, 0.2) is 0 Å². The highest BCUT2D eigenvalue weighted by atomic mass is 35.5. The van der Waals surface area contributed by atoms with E-state index < -0.39 is 0 Å². The molecule has 2 aliphatic rings. The van der Waals surface area contributed by atoms with Crippen LogP contribution >= 0.6 is 23.2 Å². The molecule has 1 atom stereocenters. The molecule has 2 amide bonds. The SMILES string of the molecule is O=C(c1cccc(Cl)c1Cl)N1CCN(C(=O)C2COc3ccccc3C2)CC1. The molecule has 0 aromatic heterocycles. The van der Waals surface area contributed by atoms with E-state index in [1.54, 1.807) is 23.1 Å². The van der Waals surface area contributed by atoms with E-state index in [4.69, 9.17) is 27.9 Å². The zero-order valence-electron chi connectivity index (χ0n) is 15.2. The minimum Gasteiger partial charge on any atom is -0.492 e. The van der Waals surface area contributed by atoms with Gasteiger partial charge in [-0.25, -0.2) is 0 Å². The van der Waals surface area contributed by atoms with Crippen LogP contribution < -0.4 is 4.74 Å². The van der Waals surface area contributed by atoms with E-state index in [0.717, 1.165) is 11.3 Å². The number of rotatable bonds is 2. The Bertz CT molecular complexity index is 910. The monoisotopic (exact) mass is 418 g/mol. The number of hydrogen-bond acceptors (Lipinski definition) is 3.